The molecule has 1 aliphatic rings. The quantitative estimate of drug-likeness (QED) is 0.646. The number of hydrogen-bond donors (Lipinski definition) is 1. The summed E-state index contributed by atoms with van der Waals surface area (Å²) in [6, 6.07) is 0.772. The molecule has 0 saturated heterocycles. The second kappa shape index (κ2) is 5.51. The van der Waals surface area contributed by atoms with Gasteiger partial charge in [-0.3, -0.25) is 0 Å². The normalized spacial score (nSPS) is 20.2. The topological polar surface area (TPSA) is 38.5 Å². The fourth-order valence-electron chi connectivity index (χ4n) is 1.90. The monoisotopic (exact) mass is 172 g/mol. The van der Waals surface area contributed by atoms with Gasteiger partial charge in [0.05, 0.1) is 6.61 Å². The zero-order valence-electron chi connectivity index (χ0n) is 7.96. The average molecular weight is 172 g/mol. The van der Waals surface area contributed by atoms with Gasteiger partial charge in [-0.15, -0.1) is 0 Å². The van der Waals surface area contributed by atoms with Gasteiger partial charge in [0.2, 0.25) is 0 Å². The molecule has 0 unspecified atom stereocenters. The van der Waals surface area contributed by atoms with Crippen LogP contribution in [0.5, 0.6) is 0 Å². The van der Waals surface area contributed by atoms with Crippen molar-refractivity contribution < 1.29 is 4.84 Å². The lowest BCUT2D eigenvalue weighted by atomic mass is 9.94. The first-order valence-corrected chi connectivity index (χ1v) is 4.86. The van der Waals surface area contributed by atoms with Crippen LogP contribution in [-0.2, 0) is 4.84 Å². The molecular formula is C9H20N2O. The smallest absolute Gasteiger partial charge is 0.0806 e. The lowest BCUT2D eigenvalue weighted by Crippen LogP contribution is -2.36. The van der Waals surface area contributed by atoms with Crippen LogP contribution in [0, 0.1) is 0 Å². The van der Waals surface area contributed by atoms with Crippen LogP contribution in [0.15, 0.2) is 0 Å². The summed E-state index contributed by atoms with van der Waals surface area (Å²) in [4.78, 5) is 6.93. The van der Waals surface area contributed by atoms with Crippen LogP contribution < -0.4 is 5.90 Å². The minimum Gasteiger partial charge on any atom is -0.303 e. The fraction of sp³-hybridized carbons (Fsp3) is 1.00. The number of nitrogens with two attached hydrogens (primary N) is 1. The molecular weight excluding hydrogens is 152 g/mol. The Labute approximate surface area is 74.8 Å². The Morgan fingerprint density at radius 2 is 2.00 bits per heavy atom. The van der Waals surface area contributed by atoms with Crippen molar-refractivity contribution in [3.8, 4) is 0 Å². The Morgan fingerprint density at radius 3 is 2.58 bits per heavy atom. The van der Waals surface area contributed by atoms with Gasteiger partial charge in [-0.2, -0.15) is 0 Å². The molecule has 0 aromatic rings. The summed E-state index contributed by atoms with van der Waals surface area (Å²) >= 11 is 0. The molecule has 1 fully saturated rings. The van der Waals surface area contributed by atoms with Gasteiger partial charge in [-0.05, 0) is 19.9 Å². The van der Waals surface area contributed by atoms with Gasteiger partial charge in [-0.25, -0.2) is 5.90 Å². The Bertz CT molecular complexity index is 113. The maximum Gasteiger partial charge on any atom is 0.0806 e. The highest BCUT2D eigenvalue weighted by Gasteiger charge is 2.16. The molecule has 0 atom stereocenters. The highest BCUT2D eigenvalue weighted by molar-refractivity contribution is 4.72. The highest BCUT2D eigenvalue weighted by atomic mass is 16.6. The van der Waals surface area contributed by atoms with E-state index in [9.17, 15) is 0 Å². The molecule has 1 rings (SSSR count). The third-order valence-electron chi connectivity index (χ3n) is 2.76. The fourth-order valence-corrected chi connectivity index (χ4v) is 1.90. The highest BCUT2D eigenvalue weighted by Crippen LogP contribution is 2.21. The summed E-state index contributed by atoms with van der Waals surface area (Å²) < 4.78 is 0. The summed E-state index contributed by atoms with van der Waals surface area (Å²) in [7, 11) is 2.16. The molecule has 1 aliphatic carbocycles. The summed E-state index contributed by atoms with van der Waals surface area (Å²) in [6.07, 6.45) is 6.89. The van der Waals surface area contributed by atoms with Crippen molar-refractivity contribution in [1.29, 1.82) is 0 Å². The first-order chi connectivity index (χ1) is 5.84. The molecule has 3 nitrogen and oxygen atoms in total. The van der Waals surface area contributed by atoms with E-state index in [0.717, 1.165) is 12.6 Å². The standard InChI is InChI=1S/C9H20N2O/c1-11(7-8-12-10)9-5-3-2-4-6-9/h9H,2-8,10H2,1H3. The van der Waals surface area contributed by atoms with E-state index in [1.165, 1.54) is 32.1 Å². The maximum absolute atomic E-state index is 4.98. The average Bonchev–Trinajstić information content (AvgIpc) is 2.15. The van der Waals surface area contributed by atoms with Crippen molar-refractivity contribution in [1.82, 2.24) is 4.90 Å². The third-order valence-corrected chi connectivity index (χ3v) is 2.76. The van der Waals surface area contributed by atoms with Crippen LogP contribution in [0.2, 0.25) is 0 Å². The van der Waals surface area contributed by atoms with E-state index >= 15 is 0 Å². The van der Waals surface area contributed by atoms with Gasteiger partial charge in [0.25, 0.3) is 0 Å². The minimum absolute atomic E-state index is 0.646. The molecule has 0 bridgehead atoms. The minimum atomic E-state index is 0.646. The van der Waals surface area contributed by atoms with Crippen molar-refractivity contribution >= 4 is 0 Å². The Kier molecular flexibility index (Phi) is 4.58. The molecule has 3 heteroatoms. The van der Waals surface area contributed by atoms with E-state index < -0.39 is 0 Å². The summed E-state index contributed by atoms with van der Waals surface area (Å²) in [5.41, 5.74) is 0. The molecule has 0 aromatic carbocycles. The molecule has 0 aromatic heterocycles. The van der Waals surface area contributed by atoms with Gasteiger partial charge in [-0.1, -0.05) is 19.3 Å². The summed E-state index contributed by atoms with van der Waals surface area (Å²) in [5.74, 6) is 4.98. The molecule has 2 N–H and O–H groups in total. The van der Waals surface area contributed by atoms with E-state index in [4.69, 9.17) is 5.90 Å². The first kappa shape index (κ1) is 9.96. The predicted molar refractivity (Wildman–Crippen MR) is 49.6 cm³/mol. The largest absolute Gasteiger partial charge is 0.303 e. The van der Waals surface area contributed by atoms with Crippen LogP contribution >= 0.6 is 0 Å². The van der Waals surface area contributed by atoms with Crippen LogP contribution in [0.3, 0.4) is 0 Å². The van der Waals surface area contributed by atoms with Gasteiger partial charge in [0, 0.05) is 12.6 Å². The SMILES string of the molecule is CN(CCON)C1CCCCC1. The molecule has 0 radical (unpaired) electrons. The van der Waals surface area contributed by atoms with Crippen molar-refractivity contribution in [3.05, 3.63) is 0 Å². The maximum atomic E-state index is 4.98. The lowest BCUT2D eigenvalue weighted by molar-refractivity contribution is 0.0910. The van der Waals surface area contributed by atoms with E-state index in [-0.39, 0.29) is 0 Å². The van der Waals surface area contributed by atoms with Crippen LogP contribution in [-0.4, -0.2) is 31.1 Å². The van der Waals surface area contributed by atoms with E-state index in [1.807, 2.05) is 0 Å². The van der Waals surface area contributed by atoms with E-state index in [0.29, 0.717) is 6.61 Å². The second-order valence-electron chi connectivity index (χ2n) is 3.64. The van der Waals surface area contributed by atoms with Gasteiger partial charge in [0.15, 0.2) is 0 Å². The van der Waals surface area contributed by atoms with Crippen molar-refractivity contribution in [2.24, 2.45) is 5.90 Å². The van der Waals surface area contributed by atoms with Crippen molar-refractivity contribution in [2.75, 3.05) is 20.2 Å². The molecule has 1 saturated carbocycles. The summed E-state index contributed by atoms with van der Waals surface area (Å²) in [5, 5.41) is 0. The molecule has 0 amide bonds. The zero-order valence-corrected chi connectivity index (χ0v) is 7.96. The third kappa shape index (κ3) is 3.09. The lowest BCUT2D eigenvalue weighted by Gasteiger charge is -2.30. The predicted octanol–water partition coefficient (Wildman–Crippen LogP) is 1.14. The Morgan fingerprint density at radius 1 is 1.33 bits per heavy atom. The van der Waals surface area contributed by atoms with E-state index in [2.05, 4.69) is 16.8 Å². The second-order valence-corrected chi connectivity index (χ2v) is 3.64. The molecule has 0 heterocycles. The van der Waals surface area contributed by atoms with Crippen LogP contribution in [0.4, 0.5) is 0 Å². The molecule has 0 aliphatic heterocycles. The molecule has 12 heavy (non-hydrogen) atoms. The van der Waals surface area contributed by atoms with E-state index in [1.54, 1.807) is 0 Å². The number of nitrogens with zero attached hydrogens (tertiary/aromatic N) is 1. The van der Waals surface area contributed by atoms with Gasteiger partial charge >= 0.3 is 0 Å². The van der Waals surface area contributed by atoms with Gasteiger partial charge < -0.3 is 9.74 Å². The molecule has 72 valence electrons. The zero-order chi connectivity index (χ0) is 8.81. The van der Waals surface area contributed by atoms with Crippen LogP contribution in [0.25, 0.3) is 0 Å². The Balaban J connectivity index is 2.15. The van der Waals surface area contributed by atoms with Crippen molar-refractivity contribution in [2.45, 2.75) is 38.1 Å². The first-order valence-electron chi connectivity index (χ1n) is 4.86. The van der Waals surface area contributed by atoms with Gasteiger partial charge in [0.1, 0.15) is 0 Å². The number of hydrogen-bond acceptors (Lipinski definition) is 3. The number of rotatable bonds is 4. The number of likely N-dealkylation sites (N-methyl/N-ethyl adjacent to an activating group) is 1. The Hall–Kier alpha value is -0.120. The van der Waals surface area contributed by atoms with Crippen LogP contribution in [0.1, 0.15) is 32.1 Å². The molecule has 0 spiro atoms. The summed E-state index contributed by atoms with van der Waals surface area (Å²) in [6.45, 7) is 1.61. The van der Waals surface area contributed by atoms with Crippen molar-refractivity contribution in [3.63, 3.8) is 0 Å².